The molecule has 3 aromatic rings. The van der Waals surface area contributed by atoms with Gasteiger partial charge in [-0.05, 0) is 30.0 Å². The zero-order valence-electron chi connectivity index (χ0n) is 27.8. The molecule has 0 spiro atoms. The van der Waals surface area contributed by atoms with Crippen LogP contribution in [0.25, 0.3) is 11.4 Å². The van der Waals surface area contributed by atoms with Crippen molar-refractivity contribution in [2.24, 2.45) is 5.92 Å². The zero-order valence-corrected chi connectivity index (χ0v) is 27.8. The molecule has 3 N–H and O–H groups in total. The molecule has 1 aromatic carbocycles. The molecule has 2 aliphatic heterocycles. The predicted molar refractivity (Wildman–Crippen MR) is 175 cm³/mol. The molecule has 260 valence electrons. The third-order valence-electron chi connectivity index (χ3n) is 8.41. The van der Waals surface area contributed by atoms with Crippen LogP contribution in [0.15, 0.2) is 59.4 Å². The highest BCUT2D eigenvalue weighted by Crippen LogP contribution is 2.18. The highest BCUT2D eigenvalue weighted by atomic mass is 16.5. The van der Waals surface area contributed by atoms with E-state index < -0.39 is 47.9 Å². The number of benzene rings is 1. The molecule has 15 nitrogen and oxygen atoms in total. The maximum absolute atomic E-state index is 13.7. The van der Waals surface area contributed by atoms with Crippen LogP contribution in [-0.4, -0.2) is 112 Å². The van der Waals surface area contributed by atoms with Gasteiger partial charge >= 0.3 is 0 Å². The molecule has 2 bridgehead atoms. The Hall–Kier alpha value is -5.18. The quantitative estimate of drug-likeness (QED) is 0.304. The molecular formula is C34H42N8O7. The number of rotatable bonds is 8. The fourth-order valence-corrected chi connectivity index (χ4v) is 5.77. The van der Waals surface area contributed by atoms with Gasteiger partial charge in [-0.3, -0.25) is 29.0 Å². The Morgan fingerprint density at radius 2 is 1.82 bits per heavy atom. The Labute approximate surface area is 284 Å². The topological polar surface area (TPSA) is 189 Å². The second kappa shape index (κ2) is 16.3. The summed E-state index contributed by atoms with van der Waals surface area (Å²) >= 11 is 0. The highest BCUT2D eigenvalue weighted by molar-refractivity contribution is 5.93. The molecule has 4 heterocycles. The van der Waals surface area contributed by atoms with Gasteiger partial charge in [0.1, 0.15) is 12.1 Å². The first-order valence-corrected chi connectivity index (χ1v) is 16.4. The van der Waals surface area contributed by atoms with Gasteiger partial charge in [0.25, 0.3) is 5.91 Å². The minimum Gasteiger partial charge on any atom is -0.360 e. The molecule has 2 aliphatic rings. The number of morpholine rings is 1. The van der Waals surface area contributed by atoms with E-state index in [-0.39, 0.29) is 50.8 Å². The van der Waals surface area contributed by atoms with Crippen molar-refractivity contribution in [1.82, 2.24) is 40.9 Å². The van der Waals surface area contributed by atoms with Crippen molar-refractivity contribution in [2.45, 2.75) is 63.8 Å². The second-order valence-electron chi connectivity index (χ2n) is 12.6. The maximum atomic E-state index is 13.7. The van der Waals surface area contributed by atoms with Gasteiger partial charge in [-0.1, -0.05) is 49.3 Å². The Balaban J connectivity index is 1.31. The van der Waals surface area contributed by atoms with E-state index in [9.17, 15) is 24.0 Å². The number of nitrogens with zero attached hydrogens (tertiary/aromatic N) is 5. The Kier molecular flexibility index (Phi) is 11.7. The monoisotopic (exact) mass is 674 g/mol. The number of likely N-dealkylation sites (N-methyl/N-ethyl adjacent to an activating group) is 1. The minimum atomic E-state index is -1.11. The van der Waals surface area contributed by atoms with Crippen LogP contribution in [0.1, 0.15) is 38.1 Å². The number of hydrogen-bond donors (Lipinski definition) is 3. The molecular weight excluding hydrogens is 632 g/mol. The van der Waals surface area contributed by atoms with Gasteiger partial charge in [-0.15, -0.1) is 0 Å². The molecule has 15 heteroatoms. The fourth-order valence-electron chi connectivity index (χ4n) is 5.77. The average Bonchev–Trinajstić information content (AvgIpc) is 3.58. The van der Waals surface area contributed by atoms with Gasteiger partial charge in [0, 0.05) is 57.4 Å². The first-order valence-electron chi connectivity index (χ1n) is 16.4. The SMILES string of the molecule is CC(C)[C@@H]1NC(=O)CN(C)C(=O)[C@@H](Cc2ccccc2)NC(=O)[C@H]2CN(C(=O)CCCc3nc(-c4cccnc4)no3)C[C@H](CNC1=O)O2. The Bertz CT molecular complexity index is 1620. The number of ether oxygens (including phenoxy) is 1. The van der Waals surface area contributed by atoms with Crippen molar-refractivity contribution in [3.63, 3.8) is 0 Å². The lowest BCUT2D eigenvalue weighted by Crippen LogP contribution is -2.59. The third-order valence-corrected chi connectivity index (χ3v) is 8.41. The number of fused-ring (bicyclic) bond motifs is 2. The summed E-state index contributed by atoms with van der Waals surface area (Å²) in [6.45, 7) is 3.37. The van der Waals surface area contributed by atoms with E-state index in [1.165, 1.54) is 11.9 Å². The van der Waals surface area contributed by atoms with Gasteiger partial charge in [0.2, 0.25) is 35.3 Å². The van der Waals surface area contributed by atoms with Crippen molar-refractivity contribution in [1.29, 1.82) is 0 Å². The van der Waals surface area contributed by atoms with Crippen LogP contribution in [-0.2, 0) is 41.6 Å². The summed E-state index contributed by atoms with van der Waals surface area (Å²) in [5, 5.41) is 12.4. The van der Waals surface area contributed by atoms with E-state index in [4.69, 9.17) is 9.26 Å². The summed E-state index contributed by atoms with van der Waals surface area (Å²) in [6, 6.07) is 10.9. The van der Waals surface area contributed by atoms with Crippen LogP contribution >= 0.6 is 0 Å². The van der Waals surface area contributed by atoms with E-state index >= 15 is 0 Å². The smallest absolute Gasteiger partial charge is 0.251 e. The van der Waals surface area contributed by atoms with Gasteiger partial charge in [-0.2, -0.15) is 4.98 Å². The van der Waals surface area contributed by atoms with E-state index in [0.29, 0.717) is 30.1 Å². The first-order chi connectivity index (χ1) is 23.6. The second-order valence-corrected chi connectivity index (χ2v) is 12.6. The van der Waals surface area contributed by atoms with Gasteiger partial charge in [0.05, 0.1) is 19.2 Å². The molecule has 0 unspecified atom stereocenters. The van der Waals surface area contributed by atoms with Gasteiger partial charge in [-0.25, -0.2) is 0 Å². The lowest BCUT2D eigenvalue weighted by Gasteiger charge is -2.38. The molecule has 4 atom stereocenters. The number of pyridine rings is 1. The standard InChI is InChI=1S/C34H42N8O7/c1-21(2)30-33(46)36-17-24-18-42(29(44)13-7-12-28-39-31(40-49-28)23-11-8-14-35-16-23)19-26(48-24)32(45)37-25(15-22-9-5-4-6-10-22)34(47)41(3)20-27(43)38-30/h4-6,8-11,14,16,21,24-26,30H,7,12-13,15,17-20H2,1-3H3,(H,36,46)(H,37,45)(H,38,43)/t24-,25+,26+,30-/m0/s1. The van der Waals surface area contributed by atoms with Crippen LogP contribution in [0.2, 0.25) is 0 Å². The minimum absolute atomic E-state index is 0.00311. The lowest BCUT2D eigenvalue weighted by atomic mass is 10.0. The van der Waals surface area contributed by atoms with E-state index in [1.54, 1.807) is 37.2 Å². The number of hydrogen-bond acceptors (Lipinski definition) is 10. The normalized spacial score (nSPS) is 22.5. The summed E-state index contributed by atoms with van der Waals surface area (Å²) < 4.78 is 11.5. The molecule has 0 saturated carbocycles. The average molecular weight is 675 g/mol. The Morgan fingerprint density at radius 3 is 2.55 bits per heavy atom. The number of nitrogens with one attached hydrogen (secondary N) is 3. The largest absolute Gasteiger partial charge is 0.360 e. The molecule has 2 saturated heterocycles. The summed E-state index contributed by atoms with van der Waals surface area (Å²) in [4.78, 5) is 78.2. The predicted octanol–water partition coefficient (Wildman–Crippen LogP) is 0.507. The van der Waals surface area contributed by atoms with Crippen LogP contribution in [0.5, 0.6) is 0 Å². The number of carbonyl (C=O) groups is 5. The van der Waals surface area contributed by atoms with E-state index in [1.807, 2.05) is 36.4 Å². The number of aromatic nitrogens is 3. The Morgan fingerprint density at radius 1 is 1.02 bits per heavy atom. The first kappa shape index (κ1) is 35.1. The van der Waals surface area contributed by atoms with Crippen LogP contribution < -0.4 is 16.0 Å². The van der Waals surface area contributed by atoms with Crippen molar-refractivity contribution in [2.75, 3.05) is 33.2 Å². The number of amides is 5. The molecule has 0 aliphatic carbocycles. The van der Waals surface area contributed by atoms with Crippen molar-refractivity contribution in [3.05, 3.63) is 66.3 Å². The molecule has 5 rings (SSSR count). The van der Waals surface area contributed by atoms with Crippen molar-refractivity contribution < 1.29 is 33.2 Å². The van der Waals surface area contributed by atoms with Crippen molar-refractivity contribution >= 4 is 29.5 Å². The van der Waals surface area contributed by atoms with E-state index in [2.05, 4.69) is 31.1 Å². The summed E-state index contributed by atoms with van der Waals surface area (Å²) in [7, 11) is 1.47. The molecule has 2 aromatic heterocycles. The van der Waals surface area contributed by atoms with Crippen LogP contribution in [0.4, 0.5) is 0 Å². The van der Waals surface area contributed by atoms with Crippen LogP contribution in [0, 0.1) is 5.92 Å². The summed E-state index contributed by atoms with van der Waals surface area (Å²) in [5.74, 6) is -1.69. The third kappa shape index (κ3) is 9.47. The molecule has 49 heavy (non-hydrogen) atoms. The fraction of sp³-hybridized carbons (Fsp3) is 0.471. The summed E-state index contributed by atoms with van der Waals surface area (Å²) in [6.07, 6.45) is 2.53. The van der Waals surface area contributed by atoms with Gasteiger partial charge < -0.3 is 35.0 Å². The van der Waals surface area contributed by atoms with Crippen LogP contribution in [0.3, 0.4) is 0 Å². The molecule has 5 amide bonds. The van der Waals surface area contributed by atoms with E-state index in [0.717, 1.165) is 5.56 Å². The van der Waals surface area contributed by atoms with Gasteiger partial charge in [0.15, 0.2) is 6.10 Å². The molecule has 2 fully saturated rings. The highest BCUT2D eigenvalue weighted by Gasteiger charge is 2.38. The van der Waals surface area contributed by atoms with Crippen molar-refractivity contribution in [3.8, 4) is 11.4 Å². The lowest BCUT2D eigenvalue weighted by molar-refractivity contribution is -0.157. The molecule has 0 radical (unpaired) electrons. The summed E-state index contributed by atoms with van der Waals surface area (Å²) in [5.41, 5.74) is 1.52. The number of carbonyl (C=O) groups excluding carboxylic acids is 5. The zero-order chi connectivity index (χ0) is 34.9. The maximum Gasteiger partial charge on any atom is 0.251 e. The number of aryl methyl sites for hydroxylation is 1.